The minimum atomic E-state index is 0.161. The van der Waals surface area contributed by atoms with E-state index in [1.165, 1.54) is 19.3 Å². The van der Waals surface area contributed by atoms with Crippen LogP contribution >= 0.6 is 0 Å². The maximum absolute atomic E-state index is 9.25. The second-order valence-corrected chi connectivity index (χ2v) is 4.82. The molecule has 1 aliphatic carbocycles. The molecule has 18 heavy (non-hydrogen) atoms. The van der Waals surface area contributed by atoms with Gasteiger partial charge in [-0.3, -0.25) is 0 Å². The lowest BCUT2D eigenvalue weighted by molar-refractivity contribution is 0.282. The Labute approximate surface area is 108 Å². The lowest BCUT2D eigenvalue weighted by Gasteiger charge is -2.39. The summed E-state index contributed by atoms with van der Waals surface area (Å²) in [7, 11) is 1.87. The van der Waals surface area contributed by atoms with E-state index < -0.39 is 0 Å². The van der Waals surface area contributed by atoms with Gasteiger partial charge in [-0.25, -0.2) is 9.97 Å². The van der Waals surface area contributed by atoms with Crippen molar-refractivity contribution in [3.05, 3.63) is 11.4 Å². The number of hydrogen-bond acceptors (Lipinski definition) is 5. The smallest absolute Gasteiger partial charge is 0.137 e. The van der Waals surface area contributed by atoms with E-state index in [0.717, 1.165) is 23.0 Å². The van der Waals surface area contributed by atoms with Gasteiger partial charge < -0.3 is 15.3 Å². The zero-order chi connectivity index (χ0) is 13.1. The first-order chi connectivity index (χ1) is 8.67. The van der Waals surface area contributed by atoms with Gasteiger partial charge in [0.05, 0.1) is 6.61 Å². The third kappa shape index (κ3) is 2.41. The molecule has 1 aliphatic rings. The van der Waals surface area contributed by atoms with Crippen LogP contribution in [0.2, 0.25) is 0 Å². The summed E-state index contributed by atoms with van der Waals surface area (Å²) >= 11 is 0. The van der Waals surface area contributed by atoms with Gasteiger partial charge >= 0.3 is 0 Å². The Morgan fingerprint density at radius 1 is 1.33 bits per heavy atom. The van der Waals surface area contributed by atoms with Gasteiger partial charge in [0.2, 0.25) is 0 Å². The SMILES string of the molecule is CNc1nc(C)nc(N(CCO)C2CCC2)c1C. The first kappa shape index (κ1) is 13.1. The molecule has 0 spiro atoms. The second kappa shape index (κ2) is 5.52. The van der Waals surface area contributed by atoms with Crippen molar-refractivity contribution < 1.29 is 5.11 Å². The maximum atomic E-state index is 9.25. The lowest BCUT2D eigenvalue weighted by atomic mass is 9.91. The Morgan fingerprint density at radius 2 is 2.06 bits per heavy atom. The topological polar surface area (TPSA) is 61.3 Å². The quantitative estimate of drug-likeness (QED) is 0.829. The van der Waals surface area contributed by atoms with Crippen LogP contribution in [0.1, 0.15) is 30.7 Å². The van der Waals surface area contributed by atoms with Crippen molar-refractivity contribution in [1.29, 1.82) is 0 Å². The summed E-state index contributed by atoms with van der Waals surface area (Å²) in [5.41, 5.74) is 1.06. The standard InChI is InChI=1S/C13H22N4O/c1-9-12(14-3)15-10(2)16-13(9)17(7-8-18)11-5-4-6-11/h11,18H,4-8H2,1-3H3,(H,14,15,16). The zero-order valence-corrected chi connectivity index (χ0v) is 11.4. The molecule has 1 heterocycles. The van der Waals surface area contributed by atoms with Crippen LogP contribution in [-0.4, -0.2) is 41.3 Å². The number of aryl methyl sites for hydroxylation is 1. The van der Waals surface area contributed by atoms with E-state index in [4.69, 9.17) is 0 Å². The highest BCUT2D eigenvalue weighted by atomic mass is 16.3. The first-order valence-electron chi connectivity index (χ1n) is 6.58. The average molecular weight is 250 g/mol. The van der Waals surface area contributed by atoms with Crippen LogP contribution in [0.3, 0.4) is 0 Å². The molecule has 2 N–H and O–H groups in total. The normalized spacial score (nSPS) is 15.3. The molecule has 5 heteroatoms. The van der Waals surface area contributed by atoms with Crippen LogP contribution in [-0.2, 0) is 0 Å². The Morgan fingerprint density at radius 3 is 2.56 bits per heavy atom. The Bertz CT molecular complexity index is 418. The summed E-state index contributed by atoms with van der Waals surface area (Å²) in [5, 5.41) is 12.4. The first-order valence-corrected chi connectivity index (χ1v) is 6.58. The van der Waals surface area contributed by atoms with E-state index in [9.17, 15) is 5.11 Å². The van der Waals surface area contributed by atoms with Gasteiger partial charge in [-0.1, -0.05) is 0 Å². The minimum Gasteiger partial charge on any atom is -0.395 e. The van der Waals surface area contributed by atoms with Gasteiger partial charge in [-0.2, -0.15) is 0 Å². The molecule has 1 aromatic rings. The van der Waals surface area contributed by atoms with Gasteiger partial charge in [-0.15, -0.1) is 0 Å². The summed E-state index contributed by atoms with van der Waals surface area (Å²) in [5.74, 6) is 2.60. The molecule has 0 aliphatic heterocycles. The number of aliphatic hydroxyl groups excluding tert-OH is 1. The van der Waals surface area contributed by atoms with Crippen LogP contribution in [0.15, 0.2) is 0 Å². The molecule has 5 nitrogen and oxygen atoms in total. The molecule has 0 saturated heterocycles. The Hall–Kier alpha value is -1.36. The highest BCUT2D eigenvalue weighted by molar-refractivity contribution is 5.59. The predicted molar refractivity (Wildman–Crippen MR) is 73.1 cm³/mol. The molecule has 0 bridgehead atoms. The number of hydrogen-bond donors (Lipinski definition) is 2. The summed E-state index contributed by atoms with van der Waals surface area (Å²) in [4.78, 5) is 11.2. The number of nitrogens with zero attached hydrogens (tertiary/aromatic N) is 3. The van der Waals surface area contributed by atoms with Gasteiger partial charge in [0.1, 0.15) is 17.5 Å². The Kier molecular flexibility index (Phi) is 4.01. The van der Waals surface area contributed by atoms with E-state index in [1.807, 2.05) is 20.9 Å². The third-order valence-corrected chi connectivity index (χ3v) is 3.60. The molecule has 1 saturated carbocycles. The molecule has 1 aromatic heterocycles. The fourth-order valence-corrected chi connectivity index (χ4v) is 2.40. The van der Waals surface area contributed by atoms with Crippen LogP contribution < -0.4 is 10.2 Å². The van der Waals surface area contributed by atoms with E-state index in [2.05, 4.69) is 20.2 Å². The van der Waals surface area contributed by atoms with Crippen LogP contribution in [0.25, 0.3) is 0 Å². The van der Waals surface area contributed by atoms with Gasteiger partial charge in [0, 0.05) is 25.2 Å². The maximum Gasteiger partial charge on any atom is 0.137 e. The summed E-state index contributed by atoms with van der Waals surface area (Å²) in [6.07, 6.45) is 3.66. The largest absolute Gasteiger partial charge is 0.395 e. The minimum absolute atomic E-state index is 0.161. The molecule has 0 atom stereocenters. The molecule has 100 valence electrons. The zero-order valence-electron chi connectivity index (χ0n) is 11.4. The van der Waals surface area contributed by atoms with Crippen molar-refractivity contribution in [1.82, 2.24) is 9.97 Å². The van der Waals surface area contributed by atoms with E-state index >= 15 is 0 Å². The highest BCUT2D eigenvalue weighted by Gasteiger charge is 2.27. The lowest BCUT2D eigenvalue weighted by Crippen LogP contribution is -2.43. The number of anilines is 2. The monoisotopic (exact) mass is 250 g/mol. The molecular weight excluding hydrogens is 228 g/mol. The van der Waals surface area contributed by atoms with Crippen LogP contribution in [0.5, 0.6) is 0 Å². The number of aliphatic hydroxyl groups is 1. The third-order valence-electron chi connectivity index (χ3n) is 3.60. The summed E-state index contributed by atoms with van der Waals surface area (Å²) in [6, 6.07) is 0.523. The molecule has 0 aromatic carbocycles. The van der Waals surface area contributed by atoms with Crippen molar-refractivity contribution in [3.8, 4) is 0 Å². The summed E-state index contributed by atoms with van der Waals surface area (Å²) in [6.45, 7) is 4.74. The summed E-state index contributed by atoms with van der Waals surface area (Å²) < 4.78 is 0. The fourth-order valence-electron chi connectivity index (χ4n) is 2.40. The molecule has 0 amide bonds. The molecule has 0 unspecified atom stereocenters. The van der Waals surface area contributed by atoms with Gasteiger partial charge in [0.25, 0.3) is 0 Å². The molecule has 2 rings (SSSR count). The van der Waals surface area contributed by atoms with Crippen LogP contribution in [0.4, 0.5) is 11.6 Å². The molecular formula is C13H22N4O. The fraction of sp³-hybridized carbons (Fsp3) is 0.692. The van der Waals surface area contributed by atoms with Crippen molar-refractivity contribution in [2.75, 3.05) is 30.4 Å². The Balaban J connectivity index is 2.36. The average Bonchev–Trinajstić information content (AvgIpc) is 2.29. The van der Waals surface area contributed by atoms with Crippen LogP contribution in [0, 0.1) is 13.8 Å². The highest BCUT2D eigenvalue weighted by Crippen LogP contribution is 2.31. The predicted octanol–water partition coefficient (Wildman–Crippen LogP) is 1.49. The molecule has 1 fully saturated rings. The van der Waals surface area contributed by atoms with E-state index in [0.29, 0.717) is 12.6 Å². The second-order valence-electron chi connectivity index (χ2n) is 4.82. The van der Waals surface area contributed by atoms with Gasteiger partial charge in [-0.05, 0) is 33.1 Å². The van der Waals surface area contributed by atoms with E-state index in [1.54, 1.807) is 0 Å². The number of nitrogens with one attached hydrogen (secondary N) is 1. The number of aromatic nitrogens is 2. The van der Waals surface area contributed by atoms with Crippen molar-refractivity contribution in [2.45, 2.75) is 39.2 Å². The van der Waals surface area contributed by atoms with Crippen molar-refractivity contribution in [3.63, 3.8) is 0 Å². The van der Waals surface area contributed by atoms with Crippen molar-refractivity contribution >= 4 is 11.6 Å². The van der Waals surface area contributed by atoms with Crippen molar-refractivity contribution in [2.24, 2.45) is 0 Å². The van der Waals surface area contributed by atoms with E-state index in [-0.39, 0.29) is 6.61 Å². The molecule has 0 radical (unpaired) electrons. The number of rotatable bonds is 5. The van der Waals surface area contributed by atoms with Gasteiger partial charge in [0.15, 0.2) is 0 Å².